The Labute approximate surface area is 147 Å². The van der Waals surface area contributed by atoms with E-state index < -0.39 is 10.2 Å². The zero-order chi connectivity index (χ0) is 15.9. The second kappa shape index (κ2) is 6.24. The fourth-order valence-electron chi connectivity index (χ4n) is 3.46. The van der Waals surface area contributed by atoms with Crippen LogP contribution in [0.3, 0.4) is 0 Å². The Bertz CT molecular complexity index is 630. The Kier molecular flexibility index (Phi) is 5.15. The Morgan fingerprint density at radius 3 is 2.10 bits per heavy atom. The Morgan fingerprint density at radius 2 is 1.62 bits per heavy atom. The van der Waals surface area contributed by atoms with Crippen LogP contribution in [0.2, 0.25) is 5.15 Å². The van der Waals surface area contributed by atoms with Gasteiger partial charge in [0, 0.05) is 21.9 Å². The van der Waals surface area contributed by atoms with Gasteiger partial charge in [-0.25, -0.2) is 9.97 Å². The first-order chi connectivity index (χ1) is 9.72. The summed E-state index contributed by atoms with van der Waals surface area (Å²) >= 11 is 8.36. The van der Waals surface area contributed by atoms with Crippen LogP contribution < -0.4 is 0 Å². The summed E-state index contributed by atoms with van der Waals surface area (Å²) in [6.45, 7) is 14.0. The molecule has 0 aromatic carbocycles. The molecule has 0 amide bonds. The lowest BCUT2D eigenvalue weighted by Crippen LogP contribution is -2.34. The van der Waals surface area contributed by atoms with Gasteiger partial charge < -0.3 is 0 Å². The monoisotopic (exact) mass is 439 g/mol. The smallest absolute Gasteiger partial charge is 0.168 e. The first-order valence-corrected chi connectivity index (χ1v) is 10.5. The van der Waals surface area contributed by atoms with Crippen molar-refractivity contribution < 1.29 is 0 Å². The summed E-state index contributed by atoms with van der Waals surface area (Å²) in [6.07, 6.45) is 3.87. The lowest BCUT2D eigenvalue weighted by Gasteiger charge is -2.52. The summed E-state index contributed by atoms with van der Waals surface area (Å²) in [6, 6.07) is 0. The number of aromatic nitrogens is 3. The Balaban J connectivity index is 2.83. The predicted octanol–water partition coefficient (Wildman–Crippen LogP) is 5.48. The maximum Gasteiger partial charge on any atom is 0.168 e. The SMILES string of the molecule is CC(C)S(C(C)C)(C(C)C)n1cc(I)c2nc(Cl)cnc21. The van der Waals surface area contributed by atoms with Gasteiger partial charge in [0.25, 0.3) is 0 Å². The molecule has 118 valence electrons. The van der Waals surface area contributed by atoms with Crippen LogP contribution in [0.1, 0.15) is 41.5 Å². The van der Waals surface area contributed by atoms with Crippen LogP contribution in [0, 0.1) is 3.57 Å². The molecule has 0 spiro atoms. The number of nitrogens with zero attached hydrogens (tertiary/aromatic N) is 3. The van der Waals surface area contributed by atoms with E-state index in [4.69, 9.17) is 11.6 Å². The molecule has 0 saturated carbocycles. The molecule has 0 aliphatic rings. The lowest BCUT2D eigenvalue weighted by atomic mass is 10.5. The van der Waals surface area contributed by atoms with E-state index in [1.807, 2.05) is 0 Å². The van der Waals surface area contributed by atoms with Crippen molar-refractivity contribution in [2.45, 2.75) is 57.3 Å². The van der Waals surface area contributed by atoms with Crippen LogP contribution in [0.25, 0.3) is 11.2 Å². The van der Waals surface area contributed by atoms with E-state index in [0.717, 1.165) is 14.7 Å². The summed E-state index contributed by atoms with van der Waals surface area (Å²) in [5, 5.41) is 2.17. The summed E-state index contributed by atoms with van der Waals surface area (Å²) in [5.74, 6) is 0. The second-order valence-electron chi connectivity index (χ2n) is 6.04. The summed E-state index contributed by atoms with van der Waals surface area (Å²) in [4.78, 5) is 9.07. The van der Waals surface area contributed by atoms with Crippen LogP contribution in [0.5, 0.6) is 0 Å². The van der Waals surface area contributed by atoms with E-state index in [1.165, 1.54) is 0 Å². The normalized spacial score (nSPS) is 13.9. The molecule has 0 fully saturated rings. The van der Waals surface area contributed by atoms with Crippen LogP contribution in [-0.4, -0.2) is 29.7 Å². The fraction of sp³-hybridized carbons (Fsp3) is 0.600. The molecule has 6 heteroatoms. The highest BCUT2D eigenvalue weighted by molar-refractivity contribution is 14.1. The van der Waals surface area contributed by atoms with E-state index in [1.54, 1.807) is 6.20 Å². The summed E-state index contributed by atoms with van der Waals surface area (Å²) in [7, 11) is -1.08. The van der Waals surface area contributed by atoms with Gasteiger partial charge >= 0.3 is 0 Å². The van der Waals surface area contributed by atoms with E-state index >= 15 is 0 Å². The number of rotatable bonds is 4. The molecule has 2 rings (SSSR count). The molecule has 0 aliphatic carbocycles. The van der Waals surface area contributed by atoms with E-state index in [-0.39, 0.29) is 0 Å². The molecule has 0 N–H and O–H groups in total. The minimum absolute atomic E-state index is 0.456. The average molecular weight is 440 g/mol. The van der Waals surface area contributed by atoms with Crippen molar-refractivity contribution in [3.63, 3.8) is 0 Å². The van der Waals surface area contributed by atoms with Gasteiger partial charge in [-0.2, -0.15) is 10.2 Å². The number of fused-ring (bicyclic) bond motifs is 1. The van der Waals surface area contributed by atoms with E-state index in [9.17, 15) is 0 Å². The standard InChI is InChI=1S/C15H23ClIN3S/c1-9(2)21(10(3)4,11(5)6)20-8-12(17)14-15(20)18-7-13(16)19-14/h7-11H,1-6H3. The third-order valence-electron chi connectivity index (χ3n) is 4.00. The van der Waals surface area contributed by atoms with Crippen molar-refractivity contribution in [1.82, 2.24) is 13.9 Å². The quantitative estimate of drug-likeness (QED) is 0.590. The highest BCUT2D eigenvalue weighted by atomic mass is 127. The maximum absolute atomic E-state index is 6.02. The summed E-state index contributed by atoms with van der Waals surface area (Å²) in [5.41, 5.74) is 1.89. The van der Waals surface area contributed by atoms with Gasteiger partial charge in [0.1, 0.15) is 10.7 Å². The highest BCUT2D eigenvalue weighted by Gasteiger charge is 2.38. The molecular formula is C15H23ClIN3S. The molecule has 21 heavy (non-hydrogen) atoms. The second-order valence-corrected chi connectivity index (χ2v) is 12.3. The minimum atomic E-state index is -1.08. The third kappa shape index (κ3) is 2.70. The topological polar surface area (TPSA) is 30.7 Å². The zero-order valence-electron chi connectivity index (χ0n) is 13.4. The third-order valence-corrected chi connectivity index (χ3v) is 10.5. The van der Waals surface area contributed by atoms with Crippen LogP contribution in [-0.2, 0) is 0 Å². The van der Waals surface area contributed by atoms with Crippen molar-refractivity contribution in [1.29, 1.82) is 0 Å². The van der Waals surface area contributed by atoms with Crippen molar-refractivity contribution in [3.05, 3.63) is 21.1 Å². The van der Waals surface area contributed by atoms with Gasteiger partial charge in [-0.15, -0.1) is 0 Å². The maximum atomic E-state index is 6.02. The molecule has 2 aromatic rings. The molecule has 3 nitrogen and oxygen atoms in total. The van der Waals surface area contributed by atoms with Crippen LogP contribution >= 0.6 is 44.4 Å². The fourth-order valence-corrected chi connectivity index (χ4v) is 9.78. The number of hydrogen-bond acceptors (Lipinski definition) is 2. The molecule has 0 bridgehead atoms. The van der Waals surface area contributed by atoms with Gasteiger partial charge in [0.2, 0.25) is 0 Å². The van der Waals surface area contributed by atoms with Gasteiger partial charge in [-0.05, 0) is 22.6 Å². The van der Waals surface area contributed by atoms with Gasteiger partial charge in [0.05, 0.1) is 9.77 Å². The molecule has 0 atom stereocenters. The Hall–Kier alpha value is -0.0100. The highest BCUT2D eigenvalue weighted by Crippen LogP contribution is 2.62. The van der Waals surface area contributed by atoms with Crippen molar-refractivity contribution in [3.8, 4) is 0 Å². The van der Waals surface area contributed by atoms with Crippen molar-refractivity contribution in [2.75, 3.05) is 0 Å². The zero-order valence-corrected chi connectivity index (χ0v) is 17.1. The number of halogens is 2. The predicted molar refractivity (Wildman–Crippen MR) is 104 cm³/mol. The van der Waals surface area contributed by atoms with Gasteiger partial charge in [0.15, 0.2) is 5.65 Å². The largest absolute Gasteiger partial charge is 0.291 e. The minimum Gasteiger partial charge on any atom is -0.291 e. The average Bonchev–Trinajstić information content (AvgIpc) is 2.66. The van der Waals surface area contributed by atoms with Crippen LogP contribution in [0.4, 0.5) is 0 Å². The molecule has 0 radical (unpaired) electrons. The summed E-state index contributed by atoms with van der Waals surface area (Å²) < 4.78 is 3.55. The van der Waals surface area contributed by atoms with E-state index in [2.05, 4.69) is 84.3 Å². The lowest BCUT2D eigenvalue weighted by molar-refractivity contribution is 0.911. The molecular weight excluding hydrogens is 417 g/mol. The van der Waals surface area contributed by atoms with Crippen LogP contribution in [0.15, 0.2) is 12.4 Å². The first kappa shape index (κ1) is 17.3. The van der Waals surface area contributed by atoms with Gasteiger partial charge in [-0.3, -0.25) is 3.97 Å². The van der Waals surface area contributed by atoms with Gasteiger partial charge in [-0.1, -0.05) is 53.1 Å². The Morgan fingerprint density at radius 1 is 1.10 bits per heavy atom. The number of hydrogen-bond donors (Lipinski definition) is 0. The van der Waals surface area contributed by atoms with Crippen molar-refractivity contribution in [2.24, 2.45) is 0 Å². The molecule has 0 aliphatic heterocycles. The molecule has 2 aromatic heterocycles. The molecule has 0 unspecified atom stereocenters. The molecule has 2 heterocycles. The van der Waals surface area contributed by atoms with Crippen molar-refractivity contribution >= 4 is 55.6 Å². The molecule has 0 saturated heterocycles. The first-order valence-electron chi connectivity index (χ1n) is 7.22. The van der Waals surface area contributed by atoms with E-state index in [0.29, 0.717) is 20.9 Å².